The Morgan fingerprint density at radius 3 is 2.58 bits per heavy atom. The molecule has 1 unspecified atom stereocenters. The van der Waals surface area contributed by atoms with Gasteiger partial charge in [0.25, 0.3) is 5.91 Å². The number of amides is 3. The van der Waals surface area contributed by atoms with Gasteiger partial charge in [0.2, 0.25) is 0 Å². The molecular weight excluding hydrogens is 412 g/mol. The highest BCUT2D eigenvalue weighted by Gasteiger charge is 2.56. The molecule has 0 spiro atoms. The number of nitrogens with zero attached hydrogens (tertiary/aromatic N) is 3. The number of halogens is 1. The van der Waals surface area contributed by atoms with Crippen LogP contribution in [0.4, 0.5) is 4.79 Å². The molecular formula is C24H21ClN4O2. The molecule has 0 bridgehead atoms. The second kappa shape index (κ2) is 7.71. The summed E-state index contributed by atoms with van der Waals surface area (Å²) in [5.74, 6) is -0.157. The Labute approximate surface area is 185 Å². The lowest BCUT2D eigenvalue weighted by Crippen LogP contribution is -2.60. The molecule has 3 aromatic rings. The molecule has 1 atom stereocenters. The highest BCUT2D eigenvalue weighted by Crippen LogP contribution is 2.44. The van der Waals surface area contributed by atoms with Crippen molar-refractivity contribution in [3.63, 3.8) is 0 Å². The number of hydrogen-bond donors (Lipinski definition) is 1. The molecule has 1 aromatic heterocycles. The van der Waals surface area contributed by atoms with E-state index in [1.807, 2.05) is 54.6 Å². The fourth-order valence-corrected chi connectivity index (χ4v) is 4.74. The molecule has 2 aliphatic rings. The van der Waals surface area contributed by atoms with Crippen LogP contribution in [0.5, 0.6) is 0 Å². The number of urea groups is 1. The first-order chi connectivity index (χ1) is 15.1. The predicted molar refractivity (Wildman–Crippen MR) is 117 cm³/mol. The minimum Gasteiger partial charge on any atom is -0.334 e. The van der Waals surface area contributed by atoms with E-state index in [9.17, 15) is 9.59 Å². The Bertz CT molecular complexity index is 1140. The van der Waals surface area contributed by atoms with Gasteiger partial charge < -0.3 is 10.2 Å². The average molecular weight is 433 g/mol. The number of fused-ring (bicyclic) bond motifs is 2. The van der Waals surface area contributed by atoms with Crippen LogP contribution < -0.4 is 5.32 Å². The van der Waals surface area contributed by atoms with Crippen LogP contribution in [0.1, 0.15) is 27.2 Å². The van der Waals surface area contributed by atoms with E-state index in [1.165, 1.54) is 0 Å². The molecule has 2 aliphatic heterocycles. The lowest BCUT2D eigenvalue weighted by atomic mass is 9.85. The van der Waals surface area contributed by atoms with Crippen LogP contribution in [0.25, 0.3) is 0 Å². The standard InChI is InChI=1S/C24H21ClN4O2/c25-20-10-8-19(9-11-20)24-15-18-7-4-12-26-21(18)22(30)28(24)13-14-29(24)23(31)27-16-17-5-2-1-3-6-17/h1-12H,13-16H2,(H,27,31). The van der Waals surface area contributed by atoms with E-state index in [-0.39, 0.29) is 11.9 Å². The minimum absolute atomic E-state index is 0.157. The number of carbonyl (C=O) groups is 2. The molecule has 0 radical (unpaired) electrons. The first kappa shape index (κ1) is 19.6. The first-order valence-electron chi connectivity index (χ1n) is 10.2. The van der Waals surface area contributed by atoms with E-state index >= 15 is 0 Å². The maximum Gasteiger partial charge on any atom is 0.319 e. The summed E-state index contributed by atoms with van der Waals surface area (Å²) < 4.78 is 0. The van der Waals surface area contributed by atoms with Crippen molar-refractivity contribution in [2.24, 2.45) is 0 Å². The zero-order valence-electron chi connectivity index (χ0n) is 16.8. The summed E-state index contributed by atoms with van der Waals surface area (Å²) in [6.45, 7) is 1.29. The summed E-state index contributed by atoms with van der Waals surface area (Å²) in [6, 6.07) is 20.7. The summed E-state index contributed by atoms with van der Waals surface area (Å²) in [6.07, 6.45) is 2.11. The maximum absolute atomic E-state index is 13.4. The monoisotopic (exact) mass is 432 g/mol. The Balaban J connectivity index is 1.55. The number of carbonyl (C=O) groups excluding carboxylic acids is 2. The number of hydrogen-bond acceptors (Lipinski definition) is 3. The molecule has 0 aliphatic carbocycles. The van der Waals surface area contributed by atoms with Gasteiger partial charge in [0.15, 0.2) is 0 Å². The SMILES string of the molecule is O=C(NCc1ccccc1)N1CCN2C(=O)c3ncccc3CC12c1ccc(Cl)cc1. The molecule has 156 valence electrons. The molecule has 3 heterocycles. The third-order valence-electron chi connectivity index (χ3n) is 6.05. The van der Waals surface area contributed by atoms with Gasteiger partial charge in [-0.15, -0.1) is 0 Å². The van der Waals surface area contributed by atoms with Gasteiger partial charge in [-0.3, -0.25) is 14.7 Å². The van der Waals surface area contributed by atoms with E-state index in [0.717, 1.165) is 16.7 Å². The lowest BCUT2D eigenvalue weighted by molar-refractivity contribution is 0.0195. The summed E-state index contributed by atoms with van der Waals surface area (Å²) >= 11 is 6.13. The number of rotatable bonds is 3. The molecule has 7 heteroatoms. The fourth-order valence-electron chi connectivity index (χ4n) is 4.61. The second-order valence-corrected chi connectivity index (χ2v) is 8.20. The number of nitrogens with one attached hydrogen (secondary N) is 1. The van der Waals surface area contributed by atoms with E-state index in [1.54, 1.807) is 28.1 Å². The largest absolute Gasteiger partial charge is 0.334 e. The van der Waals surface area contributed by atoms with Gasteiger partial charge in [-0.25, -0.2) is 4.79 Å². The van der Waals surface area contributed by atoms with Gasteiger partial charge in [0.05, 0.1) is 0 Å². The average Bonchev–Trinajstić information content (AvgIpc) is 3.19. The Morgan fingerprint density at radius 2 is 1.81 bits per heavy atom. The Kier molecular flexibility index (Phi) is 4.87. The first-order valence-corrected chi connectivity index (χ1v) is 10.6. The second-order valence-electron chi connectivity index (χ2n) is 7.76. The molecule has 3 amide bonds. The van der Waals surface area contributed by atoms with Gasteiger partial charge in [-0.2, -0.15) is 0 Å². The topological polar surface area (TPSA) is 65.5 Å². The summed E-state index contributed by atoms with van der Waals surface area (Å²) in [5.41, 5.74) is 2.24. The van der Waals surface area contributed by atoms with Crippen LogP contribution in [-0.4, -0.2) is 39.8 Å². The molecule has 5 rings (SSSR count). The van der Waals surface area contributed by atoms with Crippen LogP contribution in [0.15, 0.2) is 72.9 Å². The van der Waals surface area contributed by atoms with Gasteiger partial charge in [0, 0.05) is 37.3 Å². The Hall–Kier alpha value is -3.38. The van der Waals surface area contributed by atoms with Crippen molar-refractivity contribution in [3.05, 3.63) is 100 Å². The quantitative estimate of drug-likeness (QED) is 0.684. The van der Waals surface area contributed by atoms with Crippen LogP contribution in [-0.2, 0) is 18.6 Å². The molecule has 1 N–H and O–H groups in total. The van der Waals surface area contributed by atoms with Gasteiger partial charge in [-0.05, 0) is 34.9 Å². The van der Waals surface area contributed by atoms with Crippen LogP contribution in [0, 0.1) is 0 Å². The van der Waals surface area contributed by atoms with Crippen molar-refractivity contribution >= 4 is 23.5 Å². The Morgan fingerprint density at radius 1 is 1.03 bits per heavy atom. The van der Waals surface area contributed by atoms with E-state index < -0.39 is 5.66 Å². The highest BCUT2D eigenvalue weighted by molar-refractivity contribution is 6.30. The number of benzene rings is 2. The predicted octanol–water partition coefficient (Wildman–Crippen LogP) is 3.81. The van der Waals surface area contributed by atoms with Crippen molar-refractivity contribution in [2.45, 2.75) is 18.6 Å². The third-order valence-corrected chi connectivity index (χ3v) is 6.31. The minimum atomic E-state index is -0.918. The molecule has 31 heavy (non-hydrogen) atoms. The summed E-state index contributed by atoms with van der Waals surface area (Å²) in [4.78, 5) is 34.6. The molecule has 1 fully saturated rings. The smallest absolute Gasteiger partial charge is 0.319 e. The molecule has 6 nitrogen and oxygen atoms in total. The molecule has 1 saturated heterocycles. The van der Waals surface area contributed by atoms with E-state index in [4.69, 9.17) is 11.6 Å². The van der Waals surface area contributed by atoms with E-state index in [0.29, 0.717) is 36.8 Å². The van der Waals surface area contributed by atoms with Crippen LogP contribution >= 0.6 is 11.6 Å². The molecule has 2 aromatic carbocycles. The van der Waals surface area contributed by atoms with Crippen molar-refractivity contribution < 1.29 is 9.59 Å². The normalized spacial score (nSPS) is 19.7. The van der Waals surface area contributed by atoms with Gasteiger partial charge >= 0.3 is 6.03 Å². The van der Waals surface area contributed by atoms with Crippen molar-refractivity contribution in [2.75, 3.05) is 13.1 Å². The van der Waals surface area contributed by atoms with Crippen molar-refractivity contribution in [1.82, 2.24) is 20.1 Å². The van der Waals surface area contributed by atoms with Crippen molar-refractivity contribution in [1.29, 1.82) is 0 Å². The van der Waals surface area contributed by atoms with Gasteiger partial charge in [-0.1, -0.05) is 60.1 Å². The summed E-state index contributed by atoms with van der Waals surface area (Å²) in [5, 5.41) is 3.63. The zero-order chi connectivity index (χ0) is 21.4. The molecule has 0 saturated carbocycles. The fraction of sp³-hybridized carbons (Fsp3) is 0.208. The maximum atomic E-state index is 13.4. The highest BCUT2D eigenvalue weighted by atomic mass is 35.5. The third kappa shape index (κ3) is 3.24. The zero-order valence-corrected chi connectivity index (χ0v) is 17.5. The van der Waals surface area contributed by atoms with Crippen LogP contribution in [0.3, 0.4) is 0 Å². The van der Waals surface area contributed by atoms with Crippen molar-refractivity contribution in [3.8, 4) is 0 Å². The van der Waals surface area contributed by atoms with E-state index in [2.05, 4.69) is 10.3 Å². The van der Waals surface area contributed by atoms with Crippen LogP contribution in [0.2, 0.25) is 5.02 Å². The number of aromatic nitrogens is 1. The number of pyridine rings is 1. The van der Waals surface area contributed by atoms with Gasteiger partial charge in [0.1, 0.15) is 11.4 Å². The lowest BCUT2D eigenvalue weighted by Gasteiger charge is -2.46. The summed E-state index contributed by atoms with van der Waals surface area (Å²) in [7, 11) is 0.